The van der Waals surface area contributed by atoms with Crippen molar-refractivity contribution in [3.63, 3.8) is 0 Å². The third-order valence-corrected chi connectivity index (χ3v) is 11.3. The average Bonchev–Trinajstić information content (AvgIpc) is 3.58. The van der Waals surface area contributed by atoms with Gasteiger partial charge in [-0.15, -0.1) is 0 Å². The van der Waals surface area contributed by atoms with Crippen molar-refractivity contribution in [1.29, 1.82) is 0 Å². The predicted octanol–water partition coefficient (Wildman–Crippen LogP) is 12.7. The van der Waals surface area contributed by atoms with Crippen LogP contribution >= 0.6 is 0 Å². The van der Waals surface area contributed by atoms with Gasteiger partial charge >= 0.3 is 0 Å². The average molecular weight is 700 g/mol. The first-order valence-electron chi connectivity index (χ1n) is 18.8. The molecule has 10 aromatic rings. The van der Waals surface area contributed by atoms with Crippen molar-refractivity contribution in [3.8, 4) is 45.0 Å². The number of pyridine rings is 1. The Labute approximate surface area is 319 Å². The van der Waals surface area contributed by atoms with Gasteiger partial charge in [-0.1, -0.05) is 182 Å². The molecule has 0 radical (unpaired) electrons. The summed E-state index contributed by atoms with van der Waals surface area (Å²) in [6, 6.07) is 71.4. The van der Waals surface area contributed by atoms with Crippen LogP contribution in [-0.4, -0.2) is 15.0 Å². The van der Waals surface area contributed by atoms with Gasteiger partial charge in [0, 0.05) is 32.8 Å². The summed E-state index contributed by atoms with van der Waals surface area (Å²) in [7, 11) is 0. The first-order chi connectivity index (χ1) is 27.3. The van der Waals surface area contributed by atoms with Gasteiger partial charge in [0.25, 0.3) is 0 Å². The number of rotatable bonds is 5. The van der Waals surface area contributed by atoms with Gasteiger partial charge in [-0.2, -0.15) is 0 Å². The van der Waals surface area contributed by atoms with Crippen molar-refractivity contribution in [2.75, 3.05) is 0 Å². The molecule has 0 atom stereocenters. The molecule has 0 bridgehead atoms. The molecule has 2 heterocycles. The van der Waals surface area contributed by atoms with Gasteiger partial charge in [0.1, 0.15) is 0 Å². The van der Waals surface area contributed by atoms with Gasteiger partial charge in [-0.25, -0.2) is 15.0 Å². The van der Waals surface area contributed by atoms with Gasteiger partial charge in [-0.3, -0.25) is 0 Å². The molecule has 55 heavy (non-hydrogen) atoms. The minimum atomic E-state index is -0.514. The van der Waals surface area contributed by atoms with Gasteiger partial charge in [0.15, 0.2) is 5.82 Å². The molecule has 0 saturated carbocycles. The molecular weight excluding hydrogens is 667 g/mol. The molecule has 0 spiro atoms. The normalized spacial score (nSPS) is 12.9. The second-order valence-corrected chi connectivity index (χ2v) is 14.3. The molecule has 0 unspecified atom stereocenters. The first kappa shape index (κ1) is 31.3. The fourth-order valence-electron chi connectivity index (χ4n) is 9.02. The lowest BCUT2D eigenvalue weighted by Gasteiger charge is -2.34. The minimum absolute atomic E-state index is 0.514. The predicted molar refractivity (Wildman–Crippen MR) is 226 cm³/mol. The maximum atomic E-state index is 5.53. The monoisotopic (exact) mass is 699 g/mol. The Morgan fingerprint density at radius 3 is 1.67 bits per heavy atom. The number of hydrogen-bond donors (Lipinski definition) is 0. The van der Waals surface area contributed by atoms with E-state index in [0.29, 0.717) is 5.82 Å². The smallest absolute Gasteiger partial charge is 0.160 e. The van der Waals surface area contributed by atoms with Crippen molar-refractivity contribution >= 4 is 32.6 Å². The molecule has 3 nitrogen and oxygen atoms in total. The van der Waals surface area contributed by atoms with E-state index in [4.69, 9.17) is 15.0 Å². The molecule has 0 fully saturated rings. The highest BCUT2D eigenvalue weighted by atomic mass is 14.9. The second kappa shape index (κ2) is 12.4. The number of aromatic nitrogens is 3. The van der Waals surface area contributed by atoms with Gasteiger partial charge in [-0.05, 0) is 57.0 Å². The maximum absolute atomic E-state index is 5.53. The fraction of sp³-hybridized carbons (Fsp3) is 0.0192. The number of fused-ring (bicyclic) bond motifs is 8. The second-order valence-electron chi connectivity index (χ2n) is 14.3. The Morgan fingerprint density at radius 1 is 0.345 bits per heavy atom. The standard InChI is InChI=1S/C52H33N3/c1-4-17-34(18-5-1)49-42-27-12-15-30-46(42)54-51(55-49)36-20-16-19-35(33-36)50-48-40(39-25-11-14-29-45(39)53-50)31-32-44-47(48)41-26-10-13-28-43(41)52(44,37-21-6-2-7-22-37)38-23-8-3-9-24-38/h1-33H. The highest BCUT2D eigenvalue weighted by molar-refractivity contribution is 6.18. The summed E-state index contributed by atoms with van der Waals surface area (Å²) in [4.78, 5) is 15.9. The molecule has 0 aliphatic heterocycles. The maximum Gasteiger partial charge on any atom is 0.160 e. The number of para-hydroxylation sites is 2. The lowest BCUT2D eigenvalue weighted by Crippen LogP contribution is -2.28. The van der Waals surface area contributed by atoms with E-state index < -0.39 is 5.41 Å². The van der Waals surface area contributed by atoms with Crippen molar-refractivity contribution in [1.82, 2.24) is 15.0 Å². The summed E-state index contributed by atoms with van der Waals surface area (Å²) in [6.45, 7) is 0. The fourth-order valence-corrected chi connectivity index (χ4v) is 9.02. The van der Waals surface area contributed by atoms with Crippen LogP contribution in [0.4, 0.5) is 0 Å². The van der Waals surface area contributed by atoms with Crippen molar-refractivity contribution in [2.45, 2.75) is 5.41 Å². The third kappa shape index (κ3) is 4.73. The highest BCUT2D eigenvalue weighted by Gasteiger charge is 2.47. The van der Waals surface area contributed by atoms with E-state index in [1.807, 2.05) is 12.1 Å². The lowest BCUT2D eigenvalue weighted by atomic mass is 9.67. The van der Waals surface area contributed by atoms with Crippen LogP contribution in [0, 0.1) is 0 Å². The van der Waals surface area contributed by atoms with E-state index in [1.165, 1.54) is 38.8 Å². The topological polar surface area (TPSA) is 38.7 Å². The summed E-state index contributed by atoms with van der Waals surface area (Å²) in [6.07, 6.45) is 0. The zero-order valence-electron chi connectivity index (χ0n) is 29.9. The minimum Gasteiger partial charge on any atom is -0.247 e. The molecule has 8 aromatic carbocycles. The Bertz CT molecular complexity index is 3040. The number of nitrogens with zero attached hydrogens (tertiary/aromatic N) is 3. The van der Waals surface area contributed by atoms with E-state index in [1.54, 1.807) is 0 Å². The van der Waals surface area contributed by atoms with Crippen molar-refractivity contribution < 1.29 is 0 Å². The quantitative estimate of drug-likeness (QED) is 0.168. The SMILES string of the molecule is c1ccc(-c2nc(-c3cccc(-c4nc5ccccc5c5ccc6c(c45)-c4ccccc4C6(c4ccccc4)c4ccccc4)c3)nc3ccccc23)cc1. The highest BCUT2D eigenvalue weighted by Crippen LogP contribution is 2.59. The zero-order valence-corrected chi connectivity index (χ0v) is 29.9. The van der Waals surface area contributed by atoms with Gasteiger partial charge < -0.3 is 0 Å². The van der Waals surface area contributed by atoms with Crippen LogP contribution < -0.4 is 0 Å². The summed E-state index contributed by atoms with van der Waals surface area (Å²) in [5.41, 5.74) is 13.8. The van der Waals surface area contributed by atoms with Crippen molar-refractivity contribution in [3.05, 3.63) is 222 Å². The molecular formula is C52H33N3. The number of benzene rings is 8. The molecule has 1 aliphatic carbocycles. The first-order valence-corrected chi connectivity index (χ1v) is 18.8. The molecule has 256 valence electrons. The van der Waals surface area contributed by atoms with Gasteiger partial charge in [0.2, 0.25) is 0 Å². The molecule has 0 amide bonds. The molecule has 3 heteroatoms. The Kier molecular flexibility index (Phi) is 7.08. The summed E-state index contributed by atoms with van der Waals surface area (Å²) >= 11 is 0. The summed E-state index contributed by atoms with van der Waals surface area (Å²) < 4.78 is 0. The van der Waals surface area contributed by atoms with Crippen LogP contribution in [-0.2, 0) is 5.41 Å². The zero-order chi connectivity index (χ0) is 36.3. The molecule has 0 N–H and O–H groups in total. The van der Waals surface area contributed by atoms with Crippen LogP contribution in [0.25, 0.3) is 77.6 Å². The van der Waals surface area contributed by atoms with Crippen LogP contribution in [0.2, 0.25) is 0 Å². The van der Waals surface area contributed by atoms with Crippen LogP contribution in [0.5, 0.6) is 0 Å². The van der Waals surface area contributed by atoms with E-state index in [9.17, 15) is 0 Å². The molecule has 2 aromatic heterocycles. The lowest BCUT2D eigenvalue weighted by molar-refractivity contribution is 0.769. The number of hydrogen-bond acceptors (Lipinski definition) is 3. The molecule has 1 aliphatic rings. The van der Waals surface area contributed by atoms with Gasteiger partial charge in [0.05, 0.1) is 27.8 Å². The van der Waals surface area contributed by atoms with Crippen molar-refractivity contribution in [2.24, 2.45) is 0 Å². The summed E-state index contributed by atoms with van der Waals surface area (Å²) in [5, 5.41) is 4.51. The molecule has 11 rings (SSSR count). The van der Waals surface area contributed by atoms with Crippen LogP contribution in [0.3, 0.4) is 0 Å². The van der Waals surface area contributed by atoms with E-state index in [0.717, 1.165) is 55.3 Å². The summed E-state index contributed by atoms with van der Waals surface area (Å²) in [5.74, 6) is 0.687. The van der Waals surface area contributed by atoms with E-state index >= 15 is 0 Å². The van der Waals surface area contributed by atoms with Crippen LogP contribution in [0.15, 0.2) is 200 Å². The molecule has 0 saturated heterocycles. The van der Waals surface area contributed by atoms with E-state index in [2.05, 4.69) is 188 Å². The van der Waals surface area contributed by atoms with Crippen LogP contribution in [0.1, 0.15) is 22.3 Å². The Balaban J connectivity index is 1.22. The van der Waals surface area contributed by atoms with E-state index in [-0.39, 0.29) is 0 Å². The largest absolute Gasteiger partial charge is 0.247 e. The Morgan fingerprint density at radius 2 is 0.927 bits per heavy atom. The third-order valence-electron chi connectivity index (χ3n) is 11.3. The Hall–Kier alpha value is -7.23.